The summed E-state index contributed by atoms with van der Waals surface area (Å²) in [7, 11) is -9.14. The van der Waals surface area contributed by atoms with Crippen molar-refractivity contribution >= 4 is 100 Å². The van der Waals surface area contributed by atoms with E-state index in [0.29, 0.717) is 43.2 Å². The van der Waals surface area contributed by atoms with Crippen molar-refractivity contribution in [3.05, 3.63) is 121 Å². The lowest BCUT2D eigenvalue weighted by molar-refractivity contribution is -0.0755. The Kier molecular flexibility index (Phi) is 24.3. The zero-order chi connectivity index (χ0) is 43.0. The maximum atomic E-state index is 12.8. The molecule has 0 N–H and O–H groups in total. The summed E-state index contributed by atoms with van der Waals surface area (Å²) in [5.74, 6) is -1.14. The van der Waals surface area contributed by atoms with Gasteiger partial charge in [-0.15, -0.1) is 0 Å². The molecule has 0 saturated heterocycles. The van der Waals surface area contributed by atoms with E-state index in [2.05, 4.69) is 12.5 Å². The highest BCUT2D eigenvalue weighted by Gasteiger charge is 2.22. The standard InChI is InChI=1S/C34H38O13S8.C2H6S2/c35-52(36,31-13-5-1-6-14-31)48-25-44-23-29(46-27-50-54(39,40)33-17-9-3-10-18-33)21-43-22-30(47-28-51-55(41,42)34-19-11-4-12-20-34)24-45-26-49-53(37,38)32-15-7-2-8-16-32;1-3-4-2/h1-20,29-30H,21-28H2;1-2H3. The molecule has 23 heteroatoms. The van der Waals surface area contributed by atoms with Crippen molar-refractivity contribution < 1.29 is 57.4 Å². The Hall–Kier alpha value is -1.42. The molecule has 0 amide bonds. The van der Waals surface area contributed by atoms with Crippen LogP contribution < -0.4 is 0 Å². The molecule has 0 aliphatic heterocycles. The first-order chi connectivity index (χ1) is 28.2. The van der Waals surface area contributed by atoms with Crippen molar-refractivity contribution in [2.45, 2.75) is 31.8 Å². The van der Waals surface area contributed by atoms with E-state index in [1.165, 1.54) is 48.5 Å². The predicted octanol–water partition coefficient (Wildman–Crippen LogP) is 7.75. The van der Waals surface area contributed by atoms with E-state index in [9.17, 15) is 33.7 Å². The van der Waals surface area contributed by atoms with E-state index in [0.717, 1.165) is 0 Å². The summed E-state index contributed by atoms with van der Waals surface area (Å²) in [5.41, 5.74) is 0. The van der Waals surface area contributed by atoms with Gasteiger partial charge in [-0.3, -0.25) is 0 Å². The molecule has 4 aromatic carbocycles. The highest BCUT2D eigenvalue weighted by molar-refractivity contribution is 8.76. The lowest BCUT2D eigenvalue weighted by Gasteiger charge is -2.21. The Morgan fingerprint density at radius 2 is 0.610 bits per heavy atom. The van der Waals surface area contributed by atoms with Gasteiger partial charge in [0.1, 0.15) is 36.0 Å². The van der Waals surface area contributed by atoms with E-state index in [1.807, 2.05) is 0 Å². The van der Waals surface area contributed by atoms with Gasteiger partial charge in [-0.25, -0.2) is 33.7 Å². The molecule has 2 unspecified atom stereocenters. The van der Waals surface area contributed by atoms with E-state index in [4.69, 9.17) is 23.7 Å². The second kappa shape index (κ2) is 27.6. The van der Waals surface area contributed by atoms with Gasteiger partial charge in [0.15, 0.2) is 0 Å². The molecule has 0 heterocycles. The van der Waals surface area contributed by atoms with Gasteiger partial charge in [0.2, 0.25) is 35.5 Å². The van der Waals surface area contributed by atoms with Gasteiger partial charge in [0, 0.05) is 43.2 Å². The quantitative estimate of drug-likeness (QED) is 0.0321. The summed E-state index contributed by atoms with van der Waals surface area (Å²) in [4.78, 5) is 0.414. The summed E-state index contributed by atoms with van der Waals surface area (Å²) in [6, 6.07) is 31.2. The molecule has 2 atom stereocenters. The summed E-state index contributed by atoms with van der Waals surface area (Å²) < 4.78 is 130. The molecule has 0 aromatic heterocycles. The molecule has 59 heavy (non-hydrogen) atoms. The highest BCUT2D eigenvalue weighted by Crippen LogP contribution is 2.27. The molecule has 0 aliphatic rings. The molecule has 326 valence electrons. The Labute approximate surface area is 370 Å². The van der Waals surface area contributed by atoms with Crippen molar-refractivity contribution in [3.8, 4) is 0 Å². The first-order valence-corrected chi connectivity index (χ1v) is 31.9. The third-order valence-electron chi connectivity index (χ3n) is 7.10. The topological polar surface area (TPSA) is 183 Å². The van der Waals surface area contributed by atoms with E-state index in [-0.39, 0.29) is 69.8 Å². The first-order valence-electron chi connectivity index (χ1n) is 17.0. The molecule has 0 spiro atoms. The first kappa shape index (κ1) is 51.9. The number of ether oxygens (including phenoxy) is 5. The molecule has 13 nitrogen and oxygen atoms in total. The molecule has 4 aromatic rings. The highest BCUT2D eigenvalue weighted by atomic mass is 33.2. The van der Waals surface area contributed by atoms with Gasteiger partial charge >= 0.3 is 0 Å². The van der Waals surface area contributed by atoms with Crippen molar-refractivity contribution in [1.29, 1.82) is 0 Å². The fourth-order valence-electron chi connectivity index (χ4n) is 4.17. The summed E-state index contributed by atoms with van der Waals surface area (Å²) in [5, 5.41) is 0. The minimum atomic E-state index is -3.75. The maximum Gasteiger partial charge on any atom is 0.232 e. The van der Waals surface area contributed by atoms with Crippen molar-refractivity contribution in [2.75, 3.05) is 62.7 Å². The van der Waals surface area contributed by atoms with Crippen LogP contribution >= 0.6 is 64.8 Å². The summed E-state index contributed by atoms with van der Waals surface area (Å²) >= 11 is 0. The third-order valence-corrected chi connectivity index (χ3v) is 21.2. The Morgan fingerprint density at radius 3 is 0.864 bits per heavy atom. The Bertz CT molecular complexity index is 2050. The maximum absolute atomic E-state index is 12.8. The van der Waals surface area contributed by atoms with E-state index >= 15 is 0 Å². The minimum Gasteiger partial charge on any atom is -0.376 e. The van der Waals surface area contributed by atoms with Crippen molar-refractivity contribution in [2.24, 2.45) is 0 Å². The van der Waals surface area contributed by atoms with E-state index < -0.39 is 47.7 Å². The van der Waals surface area contributed by atoms with Crippen LogP contribution in [-0.4, -0.2) is 109 Å². The van der Waals surface area contributed by atoms with Crippen LogP contribution in [0.15, 0.2) is 141 Å². The van der Waals surface area contributed by atoms with Crippen LogP contribution in [0.4, 0.5) is 0 Å². The van der Waals surface area contributed by atoms with Gasteiger partial charge in [-0.1, -0.05) is 94.4 Å². The average Bonchev–Trinajstić information content (AvgIpc) is 3.24. The molecular formula is C36H44O13S10. The summed E-state index contributed by atoms with van der Waals surface area (Å²) in [6.45, 7) is -0.697. The zero-order valence-corrected chi connectivity index (χ0v) is 39.9. The van der Waals surface area contributed by atoms with Crippen LogP contribution in [0.1, 0.15) is 0 Å². The number of hydrogen-bond acceptors (Lipinski definition) is 19. The average molecular weight is 1010 g/mol. The number of rotatable bonds is 27. The van der Waals surface area contributed by atoms with Crippen LogP contribution in [0.25, 0.3) is 0 Å². The minimum absolute atomic E-state index is 0.0945. The van der Waals surface area contributed by atoms with E-state index in [1.54, 1.807) is 94.4 Å². The molecule has 0 aliphatic carbocycles. The Morgan fingerprint density at radius 1 is 0.373 bits per heavy atom. The second-order valence-electron chi connectivity index (χ2n) is 11.2. The summed E-state index contributed by atoms with van der Waals surface area (Å²) in [6.07, 6.45) is 2.37. The van der Waals surface area contributed by atoms with Gasteiger partial charge in [0.25, 0.3) is 0 Å². The molecule has 0 fully saturated rings. The lowest BCUT2D eigenvalue weighted by atomic mass is 10.4. The van der Waals surface area contributed by atoms with Crippen molar-refractivity contribution in [3.63, 3.8) is 0 Å². The lowest BCUT2D eigenvalue weighted by Crippen LogP contribution is -2.31. The smallest absolute Gasteiger partial charge is 0.232 e. The fraction of sp³-hybridized carbons (Fsp3) is 0.333. The van der Waals surface area contributed by atoms with Crippen LogP contribution in [0.2, 0.25) is 0 Å². The van der Waals surface area contributed by atoms with Gasteiger partial charge in [-0.2, -0.15) is 0 Å². The largest absolute Gasteiger partial charge is 0.376 e. The van der Waals surface area contributed by atoms with Crippen LogP contribution in [0, 0.1) is 0 Å². The van der Waals surface area contributed by atoms with Crippen molar-refractivity contribution in [1.82, 2.24) is 0 Å². The Balaban J connectivity index is 0.00000222. The molecular weight excluding hydrogens is 961 g/mol. The van der Waals surface area contributed by atoms with Crippen LogP contribution in [0.3, 0.4) is 0 Å². The number of hydrogen-bond donors (Lipinski definition) is 0. The molecule has 0 radical (unpaired) electrons. The number of benzene rings is 4. The normalized spacial score (nSPS) is 13.3. The molecule has 4 rings (SSSR count). The fourth-order valence-corrected chi connectivity index (χ4v) is 13.2. The monoisotopic (exact) mass is 1000 g/mol. The van der Waals surface area contributed by atoms with Gasteiger partial charge in [0.05, 0.1) is 46.0 Å². The molecule has 0 bridgehead atoms. The van der Waals surface area contributed by atoms with Gasteiger partial charge < -0.3 is 23.7 Å². The van der Waals surface area contributed by atoms with Gasteiger partial charge in [-0.05, 0) is 61.0 Å². The van der Waals surface area contributed by atoms with Crippen LogP contribution in [0.5, 0.6) is 0 Å². The molecule has 0 saturated carbocycles. The second-order valence-corrected chi connectivity index (χ2v) is 29.4. The SMILES string of the molecule is CSSC.O=S(=O)(SCOCC(COCC(COCSS(=O)(=O)c1ccccc1)OCSS(=O)(=O)c1ccccc1)OCSS(=O)(=O)c1ccccc1)c1ccccc1. The predicted molar refractivity (Wildman–Crippen MR) is 244 cm³/mol. The van der Waals surface area contributed by atoms with Crippen LogP contribution in [-0.2, 0) is 59.2 Å². The third kappa shape index (κ3) is 20.1. The zero-order valence-electron chi connectivity index (χ0n) is 31.7.